The van der Waals surface area contributed by atoms with E-state index in [1.165, 1.54) is 26.2 Å². The lowest BCUT2D eigenvalue weighted by atomic mass is 10.1. The van der Waals surface area contributed by atoms with Gasteiger partial charge in [0, 0.05) is 0 Å². The minimum atomic E-state index is -0.257. The molecule has 2 aromatic rings. The predicted molar refractivity (Wildman–Crippen MR) is 115 cm³/mol. The Bertz CT molecular complexity index is 931. The van der Waals surface area contributed by atoms with Crippen molar-refractivity contribution in [3.05, 3.63) is 47.7 Å². The Labute approximate surface area is 174 Å². The van der Waals surface area contributed by atoms with E-state index >= 15 is 0 Å². The summed E-state index contributed by atoms with van der Waals surface area (Å²) in [5.41, 5.74) is 1.70. The Hall–Kier alpha value is -3.26. The molecule has 1 saturated heterocycles. The average molecular weight is 414 g/mol. The molecule has 1 aliphatic rings. The summed E-state index contributed by atoms with van der Waals surface area (Å²) >= 11 is 5.37. The molecule has 0 aliphatic carbocycles. The van der Waals surface area contributed by atoms with Crippen LogP contribution in [0.2, 0.25) is 0 Å². The van der Waals surface area contributed by atoms with Gasteiger partial charge in [-0.15, -0.1) is 0 Å². The first-order valence-electron chi connectivity index (χ1n) is 8.92. The van der Waals surface area contributed by atoms with Gasteiger partial charge in [-0.1, -0.05) is 0 Å². The van der Waals surface area contributed by atoms with Crippen molar-refractivity contribution in [2.45, 2.75) is 6.92 Å². The molecule has 0 atom stereocenters. The van der Waals surface area contributed by atoms with Gasteiger partial charge in [-0.05, 0) is 67.2 Å². The summed E-state index contributed by atoms with van der Waals surface area (Å²) < 4.78 is 21.5. The largest absolute Gasteiger partial charge is 0.494 e. The normalized spacial score (nSPS) is 14.8. The quantitative estimate of drug-likeness (QED) is 0.550. The third kappa shape index (κ3) is 4.12. The van der Waals surface area contributed by atoms with Gasteiger partial charge in [-0.25, -0.2) is 0 Å². The number of thiocarbonyl (C=S) groups is 1. The van der Waals surface area contributed by atoms with E-state index in [0.717, 1.165) is 5.75 Å². The second kappa shape index (κ2) is 8.83. The minimum Gasteiger partial charge on any atom is -0.494 e. The molecule has 29 heavy (non-hydrogen) atoms. The van der Waals surface area contributed by atoms with Crippen LogP contribution in [0.4, 0.5) is 5.69 Å². The van der Waals surface area contributed by atoms with E-state index in [9.17, 15) is 4.79 Å². The van der Waals surface area contributed by atoms with Crippen molar-refractivity contribution in [2.75, 3.05) is 32.8 Å². The summed E-state index contributed by atoms with van der Waals surface area (Å²) in [5, 5.41) is 3.27. The summed E-state index contributed by atoms with van der Waals surface area (Å²) in [7, 11) is 4.61. The van der Waals surface area contributed by atoms with Crippen LogP contribution >= 0.6 is 12.2 Å². The third-order valence-electron chi connectivity index (χ3n) is 4.28. The second-order valence-corrected chi connectivity index (χ2v) is 6.40. The monoisotopic (exact) mass is 414 g/mol. The predicted octanol–water partition coefficient (Wildman–Crippen LogP) is 3.37. The summed E-state index contributed by atoms with van der Waals surface area (Å²) in [5.74, 6) is 1.95. The van der Waals surface area contributed by atoms with Crippen LogP contribution in [0.1, 0.15) is 12.5 Å². The van der Waals surface area contributed by atoms with Crippen molar-refractivity contribution < 1.29 is 23.7 Å². The van der Waals surface area contributed by atoms with E-state index in [-0.39, 0.29) is 5.91 Å². The van der Waals surface area contributed by atoms with Gasteiger partial charge in [0.2, 0.25) is 5.75 Å². The first-order chi connectivity index (χ1) is 14.0. The van der Waals surface area contributed by atoms with Crippen LogP contribution in [0.3, 0.4) is 0 Å². The number of ether oxygens (including phenoxy) is 4. The molecule has 0 aromatic heterocycles. The maximum atomic E-state index is 13.0. The van der Waals surface area contributed by atoms with Gasteiger partial charge in [0.1, 0.15) is 11.4 Å². The zero-order chi connectivity index (χ0) is 21.0. The second-order valence-electron chi connectivity index (χ2n) is 6.01. The third-order valence-corrected chi connectivity index (χ3v) is 4.57. The molecule has 1 aliphatic heterocycles. The number of carbonyl (C=O) groups excluding carboxylic acids is 1. The van der Waals surface area contributed by atoms with Crippen molar-refractivity contribution in [1.29, 1.82) is 0 Å². The van der Waals surface area contributed by atoms with E-state index in [4.69, 9.17) is 31.2 Å². The van der Waals surface area contributed by atoms with Gasteiger partial charge in [-0.2, -0.15) is 0 Å². The standard InChI is InChI=1S/C21H22N2O5S/c1-5-28-15-8-6-14(7-9-15)23-20(24)16(22-21(23)29)10-13-11-17(25-2)19(27-4)18(12-13)26-3/h6-12H,5H2,1-4H3,(H,22,29)/b16-10+. The van der Waals surface area contributed by atoms with Crippen molar-refractivity contribution in [1.82, 2.24) is 5.32 Å². The molecule has 1 N–H and O–H groups in total. The van der Waals surface area contributed by atoms with E-state index in [1.54, 1.807) is 42.5 Å². The van der Waals surface area contributed by atoms with Crippen molar-refractivity contribution in [2.24, 2.45) is 0 Å². The van der Waals surface area contributed by atoms with Crippen LogP contribution < -0.4 is 29.2 Å². The summed E-state index contributed by atoms with van der Waals surface area (Å²) in [4.78, 5) is 14.4. The lowest BCUT2D eigenvalue weighted by Gasteiger charge is -2.14. The molecule has 8 heteroatoms. The van der Waals surface area contributed by atoms with E-state index < -0.39 is 0 Å². The summed E-state index contributed by atoms with van der Waals surface area (Å²) in [6, 6.07) is 10.7. The fraction of sp³-hybridized carbons (Fsp3) is 0.238. The zero-order valence-electron chi connectivity index (χ0n) is 16.6. The zero-order valence-corrected chi connectivity index (χ0v) is 17.5. The molecule has 0 radical (unpaired) electrons. The highest BCUT2D eigenvalue weighted by Gasteiger charge is 2.32. The number of carbonyl (C=O) groups is 1. The molecule has 0 bridgehead atoms. The molecule has 1 amide bonds. The lowest BCUT2D eigenvalue weighted by molar-refractivity contribution is -0.113. The Morgan fingerprint density at radius 3 is 2.17 bits per heavy atom. The smallest absolute Gasteiger partial charge is 0.281 e. The van der Waals surface area contributed by atoms with Gasteiger partial charge in [-0.3, -0.25) is 9.69 Å². The van der Waals surface area contributed by atoms with Gasteiger partial charge in [0.05, 0.1) is 33.6 Å². The first-order valence-corrected chi connectivity index (χ1v) is 9.33. The molecular weight excluding hydrogens is 392 g/mol. The molecule has 1 heterocycles. The van der Waals surface area contributed by atoms with Gasteiger partial charge < -0.3 is 24.3 Å². The van der Waals surface area contributed by atoms with Crippen LogP contribution in [0.25, 0.3) is 6.08 Å². The number of anilines is 1. The Morgan fingerprint density at radius 2 is 1.66 bits per heavy atom. The Balaban J connectivity index is 1.92. The molecular formula is C21H22N2O5S. The molecule has 0 unspecified atom stereocenters. The van der Waals surface area contributed by atoms with Crippen LogP contribution in [0, 0.1) is 0 Å². The molecule has 0 saturated carbocycles. The van der Waals surface area contributed by atoms with Gasteiger partial charge in [0.15, 0.2) is 16.6 Å². The number of benzene rings is 2. The highest BCUT2D eigenvalue weighted by atomic mass is 32.1. The Kier molecular flexibility index (Phi) is 6.23. The summed E-state index contributed by atoms with van der Waals surface area (Å²) in [6.45, 7) is 2.49. The number of nitrogens with zero attached hydrogens (tertiary/aromatic N) is 1. The number of hydrogen-bond acceptors (Lipinski definition) is 6. The molecule has 152 valence electrons. The highest BCUT2D eigenvalue weighted by molar-refractivity contribution is 7.80. The van der Waals surface area contributed by atoms with E-state index in [0.29, 0.717) is 45.9 Å². The molecule has 3 rings (SSSR count). The van der Waals surface area contributed by atoms with Crippen LogP contribution in [-0.4, -0.2) is 39.0 Å². The minimum absolute atomic E-state index is 0.257. The van der Waals surface area contributed by atoms with Crippen molar-refractivity contribution >= 4 is 35.0 Å². The first kappa shape index (κ1) is 20.5. The molecule has 7 nitrogen and oxygen atoms in total. The number of methoxy groups -OCH3 is 3. The fourth-order valence-corrected chi connectivity index (χ4v) is 3.28. The maximum absolute atomic E-state index is 13.0. The van der Waals surface area contributed by atoms with Gasteiger partial charge >= 0.3 is 0 Å². The maximum Gasteiger partial charge on any atom is 0.281 e. The number of amides is 1. The van der Waals surface area contributed by atoms with Crippen molar-refractivity contribution in [3.63, 3.8) is 0 Å². The average Bonchev–Trinajstić information content (AvgIpc) is 3.01. The summed E-state index contributed by atoms with van der Waals surface area (Å²) in [6.07, 6.45) is 1.69. The van der Waals surface area contributed by atoms with Crippen LogP contribution in [0.5, 0.6) is 23.0 Å². The van der Waals surface area contributed by atoms with Crippen LogP contribution in [0.15, 0.2) is 42.1 Å². The highest BCUT2D eigenvalue weighted by Crippen LogP contribution is 2.39. The number of nitrogens with one attached hydrogen (secondary N) is 1. The SMILES string of the molecule is CCOc1ccc(N2C(=O)/C(=C\c3cc(OC)c(OC)c(OC)c3)NC2=S)cc1. The number of hydrogen-bond donors (Lipinski definition) is 1. The topological polar surface area (TPSA) is 69.3 Å². The van der Waals surface area contributed by atoms with Gasteiger partial charge in [0.25, 0.3) is 5.91 Å². The molecule has 0 spiro atoms. The lowest BCUT2D eigenvalue weighted by Crippen LogP contribution is -2.30. The van der Waals surface area contributed by atoms with E-state index in [1.807, 2.05) is 6.92 Å². The Morgan fingerprint density at radius 1 is 1.03 bits per heavy atom. The molecule has 2 aromatic carbocycles. The van der Waals surface area contributed by atoms with Crippen molar-refractivity contribution in [3.8, 4) is 23.0 Å². The van der Waals surface area contributed by atoms with E-state index in [2.05, 4.69) is 5.32 Å². The number of rotatable bonds is 7. The fourth-order valence-electron chi connectivity index (χ4n) is 2.98. The van der Waals surface area contributed by atoms with Crippen LogP contribution in [-0.2, 0) is 4.79 Å². The molecule has 1 fully saturated rings.